The quantitative estimate of drug-likeness (QED) is 0.228. The van der Waals surface area contributed by atoms with E-state index in [9.17, 15) is 4.79 Å². The fourth-order valence-corrected chi connectivity index (χ4v) is 1.67. The number of carbonyl (C=O) groups excluding carboxylic acids is 1. The van der Waals surface area contributed by atoms with Crippen LogP contribution in [0, 0.1) is 0 Å². The van der Waals surface area contributed by atoms with Crippen molar-refractivity contribution < 1.29 is 9.53 Å². The van der Waals surface area contributed by atoms with Gasteiger partial charge in [0.2, 0.25) is 0 Å². The predicted octanol–water partition coefficient (Wildman–Crippen LogP) is 4.97. The highest BCUT2D eigenvalue weighted by atomic mass is 16.5. The molecule has 0 atom stereocenters. The van der Waals surface area contributed by atoms with E-state index in [1.54, 1.807) is 6.08 Å². The number of hydrogen-bond acceptors (Lipinski definition) is 2. The number of ether oxygens (including phenoxy) is 1. The Kier molecular flexibility index (Phi) is 13.7. The Hall–Kier alpha value is -1.31. The number of hydrogen-bond donors (Lipinski definition) is 0. The molecule has 0 heterocycles. The number of rotatable bonds is 11. The molecule has 0 aromatic carbocycles. The van der Waals surface area contributed by atoms with Crippen LogP contribution in [0.4, 0.5) is 0 Å². The molecular weight excluding hydrogens is 236 g/mol. The number of allylic oxidation sites excluding steroid dienone is 4. The van der Waals surface area contributed by atoms with Gasteiger partial charge < -0.3 is 4.74 Å². The molecule has 0 aliphatic heterocycles. The molecule has 0 bridgehead atoms. The third kappa shape index (κ3) is 14.6. The molecule has 0 aliphatic carbocycles. The van der Waals surface area contributed by atoms with Crippen molar-refractivity contribution in [3.05, 3.63) is 36.5 Å². The van der Waals surface area contributed by atoms with E-state index in [1.165, 1.54) is 25.7 Å². The van der Waals surface area contributed by atoms with Gasteiger partial charge in [0.15, 0.2) is 0 Å². The molecule has 0 N–H and O–H groups in total. The summed E-state index contributed by atoms with van der Waals surface area (Å²) in [6.07, 6.45) is 19.6. The molecule has 0 radical (unpaired) electrons. The molecule has 0 spiro atoms. The minimum absolute atomic E-state index is 0.224. The van der Waals surface area contributed by atoms with Gasteiger partial charge in [0.25, 0.3) is 0 Å². The zero-order valence-corrected chi connectivity index (χ0v) is 12.4. The minimum atomic E-state index is -0.224. The highest BCUT2D eigenvalue weighted by Crippen LogP contribution is 2.06. The Labute approximate surface area is 118 Å². The van der Waals surface area contributed by atoms with E-state index >= 15 is 0 Å². The first-order valence-electron chi connectivity index (χ1n) is 7.37. The average Bonchev–Trinajstić information content (AvgIpc) is 2.42. The molecular formula is C17H28O2. The minimum Gasteiger partial charge on any atom is -0.462 e. The zero-order chi connectivity index (χ0) is 14.2. The molecule has 19 heavy (non-hydrogen) atoms. The molecule has 2 nitrogen and oxygen atoms in total. The monoisotopic (exact) mass is 264 g/mol. The number of carbonyl (C=O) groups is 1. The lowest BCUT2D eigenvalue weighted by Gasteiger charge is -1.98. The van der Waals surface area contributed by atoms with Crippen molar-refractivity contribution in [1.29, 1.82) is 0 Å². The second-order valence-electron chi connectivity index (χ2n) is 4.49. The lowest BCUT2D eigenvalue weighted by molar-refractivity contribution is -0.137. The Morgan fingerprint density at radius 1 is 0.842 bits per heavy atom. The summed E-state index contributed by atoms with van der Waals surface area (Å²) in [6, 6.07) is 0. The summed E-state index contributed by atoms with van der Waals surface area (Å²) in [7, 11) is 0. The maximum Gasteiger partial charge on any atom is 0.330 e. The van der Waals surface area contributed by atoms with Crippen LogP contribution < -0.4 is 0 Å². The van der Waals surface area contributed by atoms with Gasteiger partial charge >= 0.3 is 5.97 Å². The van der Waals surface area contributed by atoms with Crippen molar-refractivity contribution in [2.75, 3.05) is 6.61 Å². The Balaban J connectivity index is 3.34. The summed E-state index contributed by atoms with van der Waals surface area (Å²) in [4.78, 5) is 11.3. The lowest BCUT2D eigenvalue weighted by atomic mass is 10.1. The maximum atomic E-state index is 11.3. The second-order valence-corrected chi connectivity index (χ2v) is 4.49. The summed E-state index contributed by atoms with van der Waals surface area (Å²) in [5, 5.41) is 0. The molecule has 0 saturated carbocycles. The van der Waals surface area contributed by atoms with Gasteiger partial charge in [-0.3, -0.25) is 0 Å². The van der Waals surface area contributed by atoms with E-state index in [4.69, 9.17) is 4.74 Å². The third-order valence-electron chi connectivity index (χ3n) is 2.75. The summed E-state index contributed by atoms with van der Waals surface area (Å²) >= 11 is 0. The molecule has 0 aromatic rings. The average molecular weight is 264 g/mol. The fourth-order valence-electron chi connectivity index (χ4n) is 1.67. The topological polar surface area (TPSA) is 26.3 Å². The number of esters is 1. The molecule has 108 valence electrons. The van der Waals surface area contributed by atoms with Crippen LogP contribution in [0.15, 0.2) is 36.5 Å². The zero-order valence-electron chi connectivity index (χ0n) is 12.4. The van der Waals surface area contributed by atoms with Crippen molar-refractivity contribution >= 4 is 5.97 Å². The molecule has 0 rings (SSSR count). The second kappa shape index (κ2) is 14.7. The van der Waals surface area contributed by atoms with Crippen LogP contribution in [-0.4, -0.2) is 12.6 Å². The van der Waals surface area contributed by atoms with Gasteiger partial charge in [0.1, 0.15) is 0 Å². The SMILES string of the molecule is CC=CCCCCCC/C=C/C(=O)OCC/C=C/C. The van der Waals surface area contributed by atoms with E-state index in [2.05, 4.69) is 19.1 Å². The van der Waals surface area contributed by atoms with E-state index in [1.807, 2.05) is 25.2 Å². The predicted molar refractivity (Wildman–Crippen MR) is 82.0 cm³/mol. The highest BCUT2D eigenvalue weighted by molar-refractivity contribution is 5.81. The van der Waals surface area contributed by atoms with Gasteiger partial charge in [-0.15, -0.1) is 0 Å². The van der Waals surface area contributed by atoms with E-state index in [0.717, 1.165) is 19.3 Å². The van der Waals surface area contributed by atoms with Gasteiger partial charge in [-0.05, 0) is 46.0 Å². The highest BCUT2D eigenvalue weighted by Gasteiger charge is 1.94. The first kappa shape index (κ1) is 17.7. The summed E-state index contributed by atoms with van der Waals surface area (Å²) < 4.78 is 5.03. The molecule has 0 amide bonds. The summed E-state index contributed by atoms with van der Waals surface area (Å²) in [5.74, 6) is -0.224. The lowest BCUT2D eigenvalue weighted by Crippen LogP contribution is -2.01. The van der Waals surface area contributed by atoms with Crippen LogP contribution >= 0.6 is 0 Å². The largest absolute Gasteiger partial charge is 0.462 e. The molecule has 0 aliphatic rings. The van der Waals surface area contributed by atoms with Gasteiger partial charge in [-0.2, -0.15) is 0 Å². The number of unbranched alkanes of at least 4 members (excludes halogenated alkanes) is 5. The Morgan fingerprint density at radius 2 is 1.42 bits per heavy atom. The van der Waals surface area contributed by atoms with E-state index < -0.39 is 0 Å². The van der Waals surface area contributed by atoms with Crippen LogP contribution in [0.5, 0.6) is 0 Å². The van der Waals surface area contributed by atoms with E-state index in [-0.39, 0.29) is 5.97 Å². The smallest absolute Gasteiger partial charge is 0.330 e. The first-order valence-corrected chi connectivity index (χ1v) is 7.37. The van der Waals surface area contributed by atoms with Crippen LogP contribution in [-0.2, 0) is 9.53 Å². The standard InChI is InChI=1S/C17H28O2/c1-3-5-7-8-9-10-11-12-13-15-17(18)19-16-14-6-4-2/h3-6,13,15H,7-12,14,16H2,1-2H3/b5-3?,6-4+,15-13+. The van der Waals surface area contributed by atoms with Crippen molar-refractivity contribution in [3.63, 3.8) is 0 Å². The van der Waals surface area contributed by atoms with E-state index in [0.29, 0.717) is 6.61 Å². The molecule has 0 unspecified atom stereocenters. The Bertz CT molecular complexity index is 288. The van der Waals surface area contributed by atoms with Gasteiger partial charge in [-0.1, -0.05) is 43.2 Å². The van der Waals surface area contributed by atoms with Gasteiger partial charge in [0.05, 0.1) is 6.61 Å². The maximum absolute atomic E-state index is 11.3. The first-order chi connectivity index (χ1) is 9.31. The summed E-state index contributed by atoms with van der Waals surface area (Å²) in [5.41, 5.74) is 0. The van der Waals surface area contributed by atoms with Gasteiger partial charge in [-0.25, -0.2) is 4.79 Å². The van der Waals surface area contributed by atoms with Crippen LogP contribution in [0.1, 0.15) is 58.8 Å². The molecule has 0 saturated heterocycles. The third-order valence-corrected chi connectivity index (χ3v) is 2.75. The van der Waals surface area contributed by atoms with Crippen molar-refractivity contribution in [1.82, 2.24) is 0 Å². The van der Waals surface area contributed by atoms with Crippen LogP contribution in [0.2, 0.25) is 0 Å². The summed E-state index contributed by atoms with van der Waals surface area (Å²) in [6.45, 7) is 4.49. The normalized spacial score (nSPS) is 11.9. The van der Waals surface area contributed by atoms with Crippen LogP contribution in [0.3, 0.4) is 0 Å². The molecule has 0 aromatic heterocycles. The van der Waals surface area contributed by atoms with Gasteiger partial charge in [0, 0.05) is 6.08 Å². The van der Waals surface area contributed by atoms with Crippen molar-refractivity contribution in [2.24, 2.45) is 0 Å². The molecule has 2 heteroatoms. The van der Waals surface area contributed by atoms with Crippen LogP contribution in [0.25, 0.3) is 0 Å². The Morgan fingerprint density at radius 3 is 2.05 bits per heavy atom. The van der Waals surface area contributed by atoms with Crippen molar-refractivity contribution in [2.45, 2.75) is 58.8 Å². The fraction of sp³-hybridized carbons (Fsp3) is 0.588. The van der Waals surface area contributed by atoms with Crippen molar-refractivity contribution in [3.8, 4) is 0 Å². The molecule has 0 fully saturated rings.